The Bertz CT molecular complexity index is 865. The molecule has 0 fully saturated rings. The zero-order valence-corrected chi connectivity index (χ0v) is 16.8. The molecular weight excluding hydrogens is 382 g/mol. The monoisotopic (exact) mass is 407 g/mol. The molecule has 0 aliphatic heterocycles. The molecule has 0 saturated carbocycles. The van der Waals surface area contributed by atoms with Gasteiger partial charge >= 0.3 is 5.97 Å². The van der Waals surface area contributed by atoms with Gasteiger partial charge in [-0.2, -0.15) is 0 Å². The Hall–Kier alpha value is -2.55. The van der Waals surface area contributed by atoms with Gasteiger partial charge in [-0.05, 0) is 12.5 Å². The zero-order chi connectivity index (χ0) is 20.7. The second-order valence-corrected chi connectivity index (χ2v) is 7.63. The Morgan fingerprint density at radius 1 is 1.32 bits per heavy atom. The molecule has 0 saturated heterocycles. The second-order valence-electron chi connectivity index (χ2n) is 6.62. The highest BCUT2D eigenvalue weighted by Gasteiger charge is 2.21. The van der Waals surface area contributed by atoms with Crippen molar-refractivity contribution in [1.82, 2.24) is 9.88 Å². The van der Waals surface area contributed by atoms with E-state index in [1.165, 1.54) is 30.8 Å². The number of fused-ring (bicyclic) bond motifs is 1. The highest BCUT2D eigenvalue weighted by Crippen LogP contribution is 2.33. The van der Waals surface area contributed by atoms with Crippen molar-refractivity contribution >= 4 is 40.1 Å². The van der Waals surface area contributed by atoms with Gasteiger partial charge in [-0.1, -0.05) is 26.2 Å². The van der Waals surface area contributed by atoms with Gasteiger partial charge in [0.05, 0.1) is 9.95 Å². The molecule has 8 nitrogen and oxygen atoms in total. The van der Waals surface area contributed by atoms with E-state index in [2.05, 4.69) is 12.2 Å². The van der Waals surface area contributed by atoms with Gasteiger partial charge in [0.2, 0.25) is 5.91 Å². The van der Waals surface area contributed by atoms with Crippen molar-refractivity contribution in [1.29, 1.82) is 0 Å². The van der Waals surface area contributed by atoms with Gasteiger partial charge < -0.3 is 15.0 Å². The number of carbonyl (C=O) groups excluding carboxylic acids is 1. The minimum atomic E-state index is -1.09. The molecule has 0 aliphatic carbocycles. The molecular formula is C19H25N3O5S. The molecule has 28 heavy (non-hydrogen) atoms. The first-order valence-corrected chi connectivity index (χ1v) is 10.2. The summed E-state index contributed by atoms with van der Waals surface area (Å²) >= 11 is 1.34. The number of rotatable bonds is 11. The first-order valence-electron chi connectivity index (χ1n) is 9.23. The van der Waals surface area contributed by atoms with Gasteiger partial charge in [-0.3, -0.25) is 14.9 Å². The fourth-order valence-electron chi connectivity index (χ4n) is 2.96. The SMILES string of the molecule is CCCCCCn1cc2cc([N+](=O)[O-])ccc2c1SCC(NC(C)=O)C(=O)O. The number of thioether (sulfide) groups is 1. The zero-order valence-electron chi connectivity index (χ0n) is 16.0. The number of carboxylic acids is 1. The third kappa shape index (κ3) is 5.72. The Morgan fingerprint density at radius 2 is 2.07 bits per heavy atom. The lowest BCUT2D eigenvalue weighted by Gasteiger charge is -2.14. The minimum Gasteiger partial charge on any atom is -0.480 e. The lowest BCUT2D eigenvalue weighted by Crippen LogP contribution is -2.41. The van der Waals surface area contributed by atoms with E-state index in [9.17, 15) is 24.8 Å². The number of aliphatic carboxylic acids is 1. The molecule has 1 heterocycles. The van der Waals surface area contributed by atoms with Crippen molar-refractivity contribution in [2.75, 3.05) is 5.75 Å². The number of carbonyl (C=O) groups is 2. The van der Waals surface area contributed by atoms with Crippen LogP contribution in [0.2, 0.25) is 0 Å². The van der Waals surface area contributed by atoms with Crippen LogP contribution < -0.4 is 5.32 Å². The second kappa shape index (κ2) is 10.1. The van der Waals surface area contributed by atoms with Crippen molar-refractivity contribution < 1.29 is 19.6 Å². The molecule has 9 heteroatoms. The molecule has 1 aromatic heterocycles. The number of amides is 1. The number of unbranched alkanes of at least 4 members (excludes halogenated alkanes) is 3. The van der Waals surface area contributed by atoms with Crippen LogP contribution in [0, 0.1) is 10.1 Å². The number of nitrogens with zero attached hydrogens (tertiary/aromatic N) is 2. The van der Waals surface area contributed by atoms with Gasteiger partial charge in [-0.25, -0.2) is 4.79 Å². The fraction of sp³-hybridized carbons (Fsp3) is 0.474. The molecule has 2 rings (SSSR count). The average Bonchev–Trinajstić information content (AvgIpc) is 2.98. The molecule has 1 unspecified atom stereocenters. The van der Waals surface area contributed by atoms with Crippen LogP contribution in [0.1, 0.15) is 39.5 Å². The van der Waals surface area contributed by atoms with Crippen LogP contribution >= 0.6 is 11.8 Å². The van der Waals surface area contributed by atoms with E-state index in [0.717, 1.165) is 48.0 Å². The number of aromatic nitrogens is 1. The largest absolute Gasteiger partial charge is 0.480 e. The van der Waals surface area contributed by atoms with Crippen LogP contribution in [-0.4, -0.2) is 38.3 Å². The lowest BCUT2D eigenvalue weighted by molar-refractivity contribution is -0.384. The van der Waals surface area contributed by atoms with Gasteiger partial charge in [0.25, 0.3) is 5.69 Å². The number of hydrogen-bond donors (Lipinski definition) is 2. The standard InChI is InChI=1S/C19H25N3O5S/c1-3-4-5-6-9-21-11-14-10-15(22(26)27)7-8-16(14)18(21)28-12-17(19(24)25)20-13(2)23/h7-8,10-11,17H,3-6,9,12H2,1-2H3,(H,20,23)(H,24,25). The fourth-order valence-corrected chi connectivity index (χ4v) is 4.17. The first-order chi connectivity index (χ1) is 13.3. The molecule has 0 bridgehead atoms. The van der Waals surface area contributed by atoms with Crippen molar-refractivity contribution in [3.8, 4) is 0 Å². The maximum Gasteiger partial charge on any atom is 0.327 e. The number of nitro benzene ring substituents is 1. The van der Waals surface area contributed by atoms with E-state index in [-0.39, 0.29) is 11.4 Å². The summed E-state index contributed by atoms with van der Waals surface area (Å²) in [7, 11) is 0. The highest BCUT2D eigenvalue weighted by atomic mass is 32.2. The summed E-state index contributed by atoms with van der Waals surface area (Å²) in [6, 6.07) is 3.69. The predicted molar refractivity (Wildman–Crippen MR) is 109 cm³/mol. The van der Waals surface area contributed by atoms with Crippen LogP contribution in [0.4, 0.5) is 5.69 Å². The number of non-ortho nitro benzene ring substituents is 1. The molecule has 1 amide bonds. The topological polar surface area (TPSA) is 114 Å². The van der Waals surface area contributed by atoms with Crippen molar-refractivity contribution in [3.63, 3.8) is 0 Å². The molecule has 0 aliphatic rings. The summed E-state index contributed by atoms with van der Waals surface area (Å²) < 4.78 is 2.03. The number of carboxylic acid groups (broad SMARTS) is 1. The number of nitrogens with one attached hydrogen (secondary N) is 1. The maximum absolute atomic E-state index is 11.4. The Morgan fingerprint density at radius 3 is 2.68 bits per heavy atom. The van der Waals surface area contributed by atoms with Crippen LogP contribution in [0.3, 0.4) is 0 Å². The number of hydrogen-bond acceptors (Lipinski definition) is 5. The maximum atomic E-state index is 11.4. The lowest BCUT2D eigenvalue weighted by atomic mass is 10.2. The molecule has 0 spiro atoms. The Balaban J connectivity index is 2.29. The van der Waals surface area contributed by atoms with Gasteiger partial charge in [-0.15, -0.1) is 11.8 Å². The van der Waals surface area contributed by atoms with E-state index in [1.54, 1.807) is 6.07 Å². The van der Waals surface area contributed by atoms with E-state index in [4.69, 9.17) is 0 Å². The number of aryl methyl sites for hydroxylation is 1. The summed E-state index contributed by atoms with van der Waals surface area (Å²) in [4.78, 5) is 33.3. The van der Waals surface area contributed by atoms with Crippen LogP contribution in [0.15, 0.2) is 29.4 Å². The normalized spacial score (nSPS) is 12.1. The molecule has 0 radical (unpaired) electrons. The van der Waals surface area contributed by atoms with Gasteiger partial charge in [0, 0.05) is 48.3 Å². The summed E-state index contributed by atoms with van der Waals surface area (Å²) in [5, 5.41) is 25.3. The molecule has 152 valence electrons. The quantitative estimate of drug-likeness (QED) is 0.253. The predicted octanol–water partition coefficient (Wildman–Crippen LogP) is 3.81. The van der Waals surface area contributed by atoms with E-state index in [0.29, 0.717) is 0 Å². The van der Waals surface area contributed by atoms with Gasteiger partial charge in [0.1, 0.15) is 6.04 Å². The van der Waals surface area contributed by atoms with E-state index >= 15 is 0 Å². The van der Waals surface area contributed by atoms with Crippen LogP contribution in [-0.2, 0) is 16.1 Å². The summed E-state index contributed by atoms with van der Waals surface area (Å²) in [6.07, 6.45) is 6.19. The van der Waals surface area contributed by atoms with Gasteiger partial charge in [0.15, 0.2) is 0 Å². The Kier molecular flexibility index (Phi) is 7.86. The minimum absolute atomic E-state index is 0.0221. The van der Waals surface area contributed by atoms with E-state index < -0.39 is 22.8 Å². The van der Waals surface area contributed by atoms with Crippen molar-refractivity contribution in [3.05, 3.63) is 34.5 Å². The van der Waals surface area contributed by atoms with Crippen LogP contribution in [0.25, 0.3) is 10.8 Å². The van der Waals surface area contributed by atoms with Crippen molar-refractivity contribution in [2.45, 2.75) is 57.1 Å². The smallest absolute Gasteiger partial charge is 0.327 e. The summed E-state index contributed by atoms with van der Waals surface area (Å²) in [5.41, 5.74) is 0.0221. The third-order valence-corrected chi connectivity index (χ3v) is 5.57. The number of nitro groups is 1. The first kappa shape index (κ1) is 21.7. The summed E-state index contributed by atoms with van der Waals surface area (Å²) in [6.45, 7) is 4.17. The number of benzene rings is 1. The van der Waals surface area contributed by atoms with E-state index in [1.807, 2.05) is 10.8 Å². The molecule has 2 N–H and O–H groups in total. The van der Waals surface area contributed by atoms with Crippen LogP contribution in [0.5, 0.6) is 0 Å². The molecule has 2 aromatic rings. The highest BCUT2D eigenvalue weighted by molar-refractivity contribution is 7.99. The Labute approximate surface area is 167 Å². The van der Waals surface area contributed by atoms with Crippen molar-refractivity contribution in [2.24, 2.45) is 0 Å². The average molecular weight is 407 g/mol. The summed E-state index contributed by atoms with van der Waals surface area (Å²) in [5.74, 6) is -1.33. The molecule has 1 atom stereocenters. The third-order valence-electron chi connectivity index (χ3n) is 4.35. The molecule has 1 aromatic carbocycles.